The number of hydrogen-bond donors (Lipinski definition) is 2. The maximum Gasteiger partial charge on any atom is 0.418 e. The number of alkyl halides is 3. The molecule has 0 saturated heterocycles. The summed E-state index contributed by atoms with van der Waals surface area (Å²) in [5.74, 6) is -1.00. The molecule has 2 N–H and O–H groups in total. The molecule has 0 spiro atoms. The van der Waals surface area contributed by atoms with Crippen LogP contribution >= 0.6 is 11.8 Å². The number of fused-ring (bicyclic) bond motifs is 1. The number of hydrazone groups is 1. The van der Waals surface area contributed by atoms with Crippen molar-refractivity contribution >= 4 is 46.4 Å². The topological polar surface area (TPSA) is 86.7 Å². The van der Waals surface area contributed by atoms with Crippen molar-refractivity contribution in [3.63, 3.8) is 0 Å². The van der Waals surface area contributed by atoms with Crippen LogP contribution in [0.5, 0.6) is 0 Å². The van der Waals surface area contributed by atoms with Crippen molar-refractivity contribution in [2.24, 2.45) is 5.10 Å². The number of pyridine rings is 1. The molecule has 0 saturated carbocycles. The molecule has 1 heterocycles. The quantitative estimate of drug-likeness (QED) is 0.0983. The van der Waals surface area contributed by atoms with Crippen LogP contribution in [0.3, 0.4) is 0 Å². The van der Waals surface area contributed by atoms with Gasteiger partial charge in [0.1, 0.15) is 5.82 Å². The van der Waals surface area contributed by atoms with Gasteiger partial charge in [0, 0.05) is 48.8 Å². The van der Waals surface area contributed by atoms with E-state index < -0.39 is 29.5 Å². The van der Waals surface area contributed by atoms with Crippen LogP contribution < -0.4 is 10.7 Å². The van der Waals surface area contributed by atoms with E-state index in [4.69, 9.17) is 0 Å². The summed E-state index contributed by atoms with van der Waals surface area (Å²) in [6.45, 7) is 0. The lowest BCUT2D eigenvalue weighted by molar-refractivity contribution is -0.136. The van der Waals surface area contributed by atoms with Crippen molar-refractivity contribution < 1.29 is 27.2 Å². The Morgan fingerprint density at radius 3 is 2.40 bits per heavy atom. The van der Waals surface area contributed by atoms with E-state index in [2.05, 4.69) is 20.8 Å². The lowest BCUT2D eigenvalue weighted by Crippen LogP contribution is -2.33. The molecule has 3 aromatic carbocycles. The maximum atomic E-state index is 13.9. The van der Waals surface area contributed by atoms with Gasteiger partial charge < -0.3 is 10.2 Å². The molecule has 2 amide bonds. The van der Waals surface area contributed by atoms with E-state index >= 15 is 0 Å². The largest absolute Gasteiger partial charge is 0.418 e. The summed E-state index contributed by atoms with van der Waals surface area (Å²) in [4.78, 5) is 32.3. The fourth-order valence-electron chi connectivity index (χ4n) is 4.02. The highest BCUT2D eigenvalue weighted by molar-refractivity contribution is 7.99. The molecule has 4 aromatic rings. The number of nitrogens with zero attached hydrogens (tertiary/aromatic N) is 3. The van der Waals surface area contributed by atoms with Gasteiger partial charge in [-0.05, 0) is 35.9 Å². The van der Waals surface area contributed by atoms with Crippen molar-refractivity contribution in [1.29, 1.82) is 0 Å². The second-order valence-electron chi connectivity index (χ2n) is 9.45. The molecule has 1 atom stereocenters. The molecule has 0 radical (unpaired) electrons. The minimum atomic E-state index is -4.68. The molecule has 0 unspecified atom stereocenters. The van der Waals surface area contributed by atoms with Crippen molar-refractivity contribution in [2.45, 2.75) is 23.5 Å². The molecule has 0 aliphatic carbocycles. The normalized spacial score (nSPS) is 12.3. The Bertz CT molecular complexity index is 1580. The summed E-state index contributed by atoms with van der Waals surface area (Å²) in [5, 5.41) is 7.16. The number of carbonyl (C=O) groups excluding carboxylic acids is 2. The van der Waals surface area contributed by atoms with Crippen molar-refractivity contribution in [2.75, 3.05) is 25.2 Å². The minimum Gasteiger partial charge on any atom is -0.380 e. The van der Waals surface area contributed by atoms with Crippen LogP contribution in [0.2, 0.25) is 0 Å². The number of carbonyl (C=O) groups is 2. The van der Waals surface area contributed by atoms with Crippen LogP contribution in [0, 0.1) is 5.82 Å². The van der Waals surface area contributed by atoms with Gasteiger partial charge in [0.15, 0.2) is 0 Å². The van der Waals surface area contributed by atoms with Gasteiger partial charge in [0.2, 0.25) is 5.91 Å². The highest BCUT2D eigenvalue weighted by Crippen LogP contribution is 2.37. The Kier molecular flexibility index (Phi) is 9.79. The van der Waals surface area contributed by atoms with Crippen LogP contribution in [-0.2, 0) is 11.0 Å². The Labute approximate surface area is 244 Å². The van der Waals surface area contributed by atoms with E-state index in [9.17, 15) is 27.2 Å². The summed E-state index contributed by atoms with van der Waals surface area (Å²) < 4.78 is 54.8. The molecule has 0 aliphatic rings. The Hall–Kier alpha value is -4.45. The van der Waals surface area contributed by atoms with E-state index in [0.717, 1.165) is 17.2 Å². The summed E-state index contributed by atoms with van der Waals surface area (Å²) in [7, 11) is 3.22. The molecule has 0 aliphatic heterocycles. The Morgan fingerprint density at radius 1 is 1.02 bits per heavy atom. The van der Waals surface area contributed by atoms with E-state index in [-0.39, 0.29) is 34.5 Å². The Balaban J connectivity index is 1.72. The number of para-hydroxylation sites is 1. The summed E-state index contributed by atoms with van der Waals surface area (Å²) >= 11 is 1.46. The van der Waals surface area contributed by atoms with Crippen LogP contribution in [0.25, 0.3) is 10.9 Å². The average molecular weight is 598 g/mol. The molecule has 218 valence electrons. The Morgan fingerprint density at radius 2 is 1.74 bits per heavy atom. The predicted molar refractivity (Wildman–Crippen MR) is 156 cm³/mol. The fourth-order valence-corrected chi connectivity index (χ4v) is 4.96. The average Bonchev–Trinajstić information content (AvgIpc) is 2.96. The predicted octanol–water partition coefficient (Wildman–Crippen LogP) is 6.21. The molecule has 0 fully saturated rings. The molecular formula is C30H27F4N5O2S. The number of nitrogens with one attached hydrogen (secondary N) is 2. The molecule has 42 heavy (non-hydrogen) atoms. The van der Waals surface area contributed by atoms with Crippen molar-refractivity contribution in [3.8, 4) is 0 Å². The highest BCUT2D eigenvalue weighted by Gasteiger charge is 2.34. The number of amides is 2. The molecule has 7 nitrogen and oxygen atoms in total. The lowest BCUT2D eigenvalue weighted by Gasteiger charge is -2.24. The second kappa shape index (κ2) is 13.5. The first-order valence-corrected chi connectivity index (χ1v) is 13.7. The standard InChI is InChI=1S/C30H27F4N5O2S/c1-39(2)26(40)15-21(18-42-22-7-4-3-5-8-22)37-27-23-9-6-10-25(30(32,33)34)28(23)35-17-24(27)29(41)38-36-16-19-11-13-20(31)14-12-19/h3-14,16-17,21H,15,18H2,1-2H3,(H,35,37)(H,38,41)/b36-16+/t21-/m1/s1. The van der Waals surface area contributed by atoms with Gasteiger partial charge in [-0.2, -0.15) is 18.3 Å². The number of benzene rings is 3. The first-order valence-electron chi connectivity index (χ1n) is 12.8. The smallest absolute Gasteiger partial charge is 0.380 e. The minimum absolute atomic E-state index is 0.0133. The lowest BCUT2D eigenvalue weighted by atomic mass is 10.0. The third-order valence-corrected chi connectivity index (χ3v) is 7.33. The zero-order valence-corrected chi connectivity index (χ0v) is 23.5. The van der Waals surface area contributed by atoms with Crippen molar-refractivity contribution in [3.05, 3.63) is 102 Å². The summed E-state index contributed by atoms with van der Waals surface area (Å²) in [5.41, 5.74) is 1.60. The molecule has 12 heteroatoms. The number of hydrogen-bond acceptors (Lipinski definition) is 6. The zero-order chi connectivity index (χ0) is 30.3. The first kappa shape index (κ1) is 30.5. The molecular weight excluding hydrogens is 570 g/mol. The van der Waals surface area contributed by atoms with Gasteiger partial charge in [-0.25, -0.2) is 9.82 Å². The highest BCUT2D eigenvalue weighted by atomic mass is 32.2. The number of halogens is 4. The van der Waals surface area contributed by atoms with Gasteiger partial charge in [-0.3, -0.25) is 14.6 Å². The number of aromatic nitrogens is 1. The van der Waals surface area contributed by atoms with Gasteiger partial charge >= 0.3 is 6.18 Å². The van der Waals surface area contributed by atoms with Crippen molar-refractivity contribution in [1.82, 2.24) is 15.3 Å². The zero-order valence-electron chi connectivity index (χ0n) is 22.7. The van der Waals surface area contributed by atoms with Gasteiger partial charge in [-0.1, -0.05) is 42.5 Å². The van der Waals surface area contributed by atoms with Gasteiger partial charge in [-0.15, -0.1) is 11.8 Å². The maximum absolute atomic E-state index is 13.9. The monoisotopic (exact) mass is 597 g/mol. The van der Waals surface area contributed by atoms with E-state index in [0.29, 0.717) is 11.3 Å². The molecule has 1 aromatic heterocycles. The number of rotatable bonds is 10. The van der Waals surface area contributed by atoms with Crippen LogP contribution in [0.4, 0.5) is 23.2 Å². The summed E-state index contributed by atoms with van der Waals surface area (Å²) in [6, 6.07) is 17.9. The molecule has 4 rings (SSSR count). The second-order valence-corrected chi connectivity index (χ2v) is 10.5. The van der Waals surface area contributed by atoms with E-state index in [1.807, 2.05) is 30.3 Å². The van der Waals surface area contributed by atoms with Gasteiger partial charge in [0.25, 0.3) is 5.91 Å². The number of anilines is 1. The third kappa shape index (κ3) is 7.84. The van der Waals surface area contributed by atoms with Crippen LogP contribution in [0.1, 0.15) is 27.9 Å². The van der Waals surface area contributed by atoms with Gasteiger partial charge in [0.05, 0.1) is 28.5 Å². The fraction of sp³-hybridized carbons (Fsp3) is 0.200. The third-order valence-electron chi connectivity index (χ3n) is 6.16. The van der Waals surface area contributed by atoms with Crippen LogP contribution in [0.15, 0.2) is 89.0 Å². The number of thioether (sulfide) groups is 1. The van der Waals surface area contributed by atoms with E-state index in [1.165, 1.54) is 59.3 Å². The van der Waals surface area contributed by atoms with Crippen LogP contribution in [-0.4, -0.2) is 53.8 Å². The first-order chi connectivity index (χ1) is 20.0. The van der Waals surface area contributed by atoms with E-state index in [1.54, 1.807) is 14.1 Å². The SMILES string of the molecule is CN(C)C(=O)C[C@H](CSc1ccccc1)Nc1c(C(=O)N/N=C/c2ccc(F)cc2)cnc2c(C(F)(F)F)cccc12. The summed E-state index contributed by atoms with van der Waals surface area (Å²) in [6.07, 6.45) is -2.32. The molecule has 0 bridgehead atoms.